The third-order valence-corrected chi connectivity index (χ3v) is 4.45. The van der Waals surface area contributed by atoms with Crippen LogP contribution >= 0.6 is 0 Å². The molecule has 1 aliphatic heterocycles. The summed E-state index contributed by atoms with van der Waals surface area (Å²) in [6.07, 6.45) is 3.52. The minimum atomic E-state index is -0.602. The Morgan fingerprint density at radius 1 is 1.04 bits per heavy atom. The molecule has 0 aliphatic carbocycles. The van der Waals surface area contributed by atoms with Crippen LogP contribution < -0.4 is 15.8 Å². The van der Waals surface area contributed by atoms with Gasteiger partial charge in [-0.25, -0.2) is 4.79 Å². The van der Waals surface area contributed by atoms with Crippen LogP contribution in [0.25, 0.3) is 11.0 Å². The summed E-state index contributed by atoms with van der Waals surface area (Å²) >= 11 is 0. The molecule has 3 aromatic rings. The van der Waals surface area contributed by atoms with Crippen LogP contribution in [-0.4, -0.2) is 29.2 Å². The van der Waals surface area contributed by atoms with E-state index in [0.29, 0.717) is 5.58 Å². The van der Waals surface area contributed by atoms with Gasteiger partial charge in [0.1, 0.15) is 11.3 Å². The van der Waals surface area contributed by atoms with Crippen LogP contribution in [0.2, 0.25) is 0 Å². The van der Waals surface area contributed by atoms with Crippen molar-refractivity contribution in [3.8, 4) is 0 Å². The average Bonchev–Trinajstić information content (AvgIpc) is 2.69. The normalized spacial score (nSPS) is 14.4. The van der Waals surface area contributed by atoms with Crippen molar-refractivity contribution in [3.05, 3.63) is 58.6 Å². The first-order valence-electron chi connectivity index (χ1n) is 8.64. The number of hydrogen-bond acceptors (Lipinski definition) is 6. The second-order valence-corrected chi connectivity index (χ2v) is 6.26. The van der Waals surface area contributed by atoms with Gasteiger partial charge in [0, 0.05) is 18.5 Å². The second-order valence-electron chi connectivity index (χ2n) is 6.26. The Bertz CT molecular complexity index is 992. The fraction of sp³-hybridized carbons (Fsp3) is 0.263. The maximum atomic E-state index is 12.4. The van der Waals surface area contributed by atoms with Crippen LogP contribution in [-0.2, 0) is 0 Å². The first-order chi connectivity index (χ1) is 12.7. The van der Waals surface area contributed by atoms with Gasteiger partial charge >= 0.3 is 5.63 Å². The summed E-state index contributed by atoms with van der Waals surface area (Å²) in [5.41, 5.74) is 0.102. The predicted molar refractivity (Wildman–Crippen MR) is 98.5 cm³/mol. The molecule has 7 nitrogen and oxygen atoms in total. The van der Waals surface area contributed by atoms with Crippen LogP contribution in [0.4, 0.5) is 11.5 Å². The van der Waals surface area contributed by atoms with E-state index in [4.69, 9.17) is 4.42 Å². The number of anilines is 2. The number of carbonyl (C=O) groups is 1. The molecule has 0 unspecified atom stereocenters. The van der Waals surface area contributed by atoms with E-state index in [9.17, 15) is 9.59 Å². The largest absolute Gasteiger partial charge is 0.421 e. The number of benzene rings is 1. The van der Waals surface area contributed by atoms with Crippen LogP contribution in [0.15, 0.2) is 51.7 Å². The van der Waals surface area contributed by atoms with Gasteiger partial charge in [0.15, 0.2) is 11.5 Å². The number of piperidine rings is 1. The summed E-state index contributed by atoms with van der Waals surface area (Å²) < 4.78 is 5.22. The molecule has 2 aromatic heterocycles. The van der Waals surface area contributed by atoms with Crippen molar-refractivity contribution in [2.45, 2.75) is 19.3 Å². The molecule has 1 N–H and O–H groups in total. The van der Waals surface area contributed by atoms with Gasteiger partial charge in [-0.3, -0.25) is 4.79 Å². The zero-order valence-electron chi connectivity index (χ0n) is 14.1. The molecule has 4 rings (SSSR count). The first kappa shape index (κ1) is 16.3. The lowest BCUT2D eigenvalue weighted by Crippen LogP contribution is -2.30. The van der Waals surface area contributed by atoms with Gasteiger partial charge < -0.3 is 14.6 Å². The van der Waals surface area contributed by atoms with E-state index in [2.05, 4.69) is 20.4 Å². The van der Waals surface area contributed by atoms with E-state index in [1.165, 1.54) is 6.42 Å². The van der Waals surface area contributed by atoms with Crippen molar-refractivity contribution in [1.29, 1.82) is 0 Å². The Labute approximate surface area is 149 Å². The van der Waals surface area contributed by atoms with Crippen LogP contribution in [0.3, 0.4) is 0 Å². The van der Waals surface area contributed by atoms with E-state index in [1.54, 1.807) is 36.4 Å². The number of para-hydroxylation sites is 1. The van der Waals surface area contributed by atoms with Crippen molar-refractivity contribution in [1.82, 2.24) is 10.2 Å². The summed E-state index contributed by atoms with van der Waals surface area (Å²) in [5.74, 6) is 0.275. The number of aromatic nitrogens is 2. The Kier molecular flexibility index (Phi) is 4.35. The SMILES string of the molecule is O=C(Nc1cc2ccccc2oc1=O)c1ccc(N2CCCCC2)nn1. The smallest absolute Gasteiger partial charge is 0.360 e. The fourth-order valence-corrected chi connectivity index (χ4v) is 3.07. The lowest BCUT2D eigenvalue weighted by atomic mass is 10.1. The molecular formula is C19H18N4O3. The van der Waals surface area contributed by atoms with Gasteiger partial charge in [0.25, 0.3) is 5.91 Å². The maximum Gasteiger partial charge on any atom is 0.360 e. The molecule has 0 radical (unpaired) electrons. The Morgan fingerprint density at radius 2 is 1.85 bits per heavy atom. The van der Waals surface area contributed by atoms with Gasteiger partial charge in [0.05, 0.1) is 0 Å². The summed E-state index contributed by atoms with van der Waals surface area (Å²) in [7, 11) is 0. The number of nitrogens with zero attached hydrogens (tertiary/aromatic N) is 3. The molecule has 1 aromatic carbocycles. The third-order valence-electron chi connectivity index (χ3n) is 4.45. The molecule has 3 heterocycles. The fourth-order valence-electron chi connectivity index (χ4n) is 3.07. The molecule has 0 spiro atoms. The number of hydrogen-bond donors (Lipinski definition) is 1. The van der Waals surface area contributed by atoms with Gasteiger partial charge in [-0.05, 0) is 43.5 Å². The van der Waals surface area contributed by atoms with E-state index < -0.39 is 11.5 Å². The van der Waals surface area contributed by atoms with Gasteiger partial charge in [-0.2, -0.15) is 0 Å². The third kappa shape index (κ3) is 3.28. The first-order valence-corrected chi connectivity index (χ1v) is 8.64. The lowest BCUT2D eigenvalue weighted by molar-refractivity contribution is 0.102. The summed E-state index contributed by atoms with van der Waals surface area (Å²) in [5, 5.41) is 11.4. The van der Waals surface area contributed by atoms with E-state index in [-0.39, 0.29) is 11.4 Å². The van der Waals surface area contributed by atoms with Crippen molar-refractivity contribution < 1.29 is 9.21 Å². The van der Waals surface area contributed by atoms with Crippen molar-refractivity contribution in [2.75, 3.05) is 23.3 Å². The lowest BCUT2D eigenvalue weighted by Gasteiger charge is -2.27. The Hall–Kier alpha value is -3.22. The summed E-state index contributed by atoms with van der Waals surface area (Å²) in [6, 6.07) is 12.1. The Balaban J connectivity index is 1.53. The number of fused-ring (bicyclic) bond motifs is 1. The molecule has 1 amide bonds. The number of amides is 1. The van der Waals surface area contributed by atoms with Crippen molar-refractivity contribution >= 4 is 28.4 Å². The van der Waals surface area contributed by atoms with Crippen LogP contribution in [0, 0.1) is 0 Å². The van der Waals surface area contributed by atoms with E-state index in [0.717, 1.165) is 37.1 Å². The molecule has 1 aliphatic rings. The topological polar surface area (TPSA) is 88.3 Å². The standard InChI is InChI=1S/C19H18N4O3/c24-18(14-8-9-17(22-21-14)23-10-4-1-5-11-23)20-15-12-13-6-2-3-7-16(13)26-19(15)25/h2-3,6-9,12H,1,4-5,10-11H2,(H,20,24). The number of nitrogens with one attached hydrogen (secondary N) is 1. The minimum absolute atomic E-state index is 0.0793. The highest BCUT2D eigenvalue weighted by Crippen LogP contribution is 2.18. The molecule has 26 heavy (non-hydrogen) atoms. The molecule has 0 saturated carbocycles. The quantitative estimate of drug-likeness (QED) is 0.731. The zero-order chi connectivity index (χ0) is 17.9. The molecule has 1 fully saturated rings. The molecule has 0 atom stereocenters. The predicted octanol–water partition coefficient (Wildman–Crippen LogP) is 2.83. The molecule has 1 saturated heterocycles. The van der Waals surface area contributed by atoms with Crippen molar-refractivity contribution in [2.24, 2.45) is 0 Å². The molecular weight excluding hydrogens is 332 g/mol. The summed E-state index contributed by atoms with van der Waals surface area (Å²) in [4.78, 5) is 26.6. The second kappa shape index (κ2) is 6.95. The number of rotatable bonds is 3. The molecule has 0 bridgehead atoms. The van der Waals surface area contributed by atoms with Crippen LogP contribution in [0.5, 0.6) is 0 Å². The van der Waals surface area contributed by atoms with Gasteiger partial charge in [0.2, 0.25) is 0 Å². The highest BCUT2D eigenvalue weighted by atomic mass is 16.4. The Morgan fingerprint density at radius 3 is 2.62 bits per heavy atom. The maximum absolute atomic E-state index is 12.4. The van der Waals surface area contributed by atoms with E-state index in [1.807, 2.05) is 6.07 Å². The zero-order valence-corrected chi connectivity index (χ0v) is 14.1. The highest BCUT2D eigenvalue weighted by molar-refractivity contribution is 6.03. The molecule has 132 valence electrons. The summed E-state index contributed by atoms with van der Waals surface area (Å²) in [6.45, 7) is 1.91. The van der Waals surface area contributed by atoms with E-state index >= 15 is 0 Å². The van der Waals surface area contributed by atoms with Crippen LogP contribution in [0.1, 0.15) is 29.8 Å². The minimum Gasteiger partial charge on any atom is -0.421 e. The highest BCUT2D eigenvalue weighted by Gasteiger charge is 2.15. The number of carbonyl (C=O) groups excluding carboxylic acids is 1. The monoisotopic (exact) mass is 350 g/mol. The van der Waals surface area contributed by atoms with Gasteiger partial charge in [-0.15, -0.1) is 10.2 Å². The molecule has 7 heteroatoms. The average molecular weight is 350 g/mol. The van der Waals surface area contributed by atoms with Gasteiger partial charge in [-0.1, -0.05) is 18.2 Å². The van der Waals surface area contributed by atoms with Crippen molar-refractivity contribution in [3.63, 3.8) is 0 Å².